The molecule has 0 aliphatic rings. The molecule has 0 aromatic heterocycles. The fraction of sp³-hybridized carbons (Fsp3) is 0.250. The molecule has 0 aliphatic heterocycles. The van der Waals surface area contributed by atoms with Crippen molar-refractivity contribution >= 4 is 31.9 Å². The zero-order chi connectivity index (χ0) is 9.14. The summed E-state index contributed by atoms with van der Waals surface area (Å²) in [5.41, 5.74) is 0. The van der Waals surface area contributed by atoms with Gasteiger partial charge in [0.2, 0.25) is 0 Å². The number of rotatable bonds is 2. The molecule has 0 N–H and O–H groups in total. The van der Waals surface area contributed by atoms with Crippen molar-refractivity contribution in [1.29, 1.82) is 0 Å². The van der Waals surface area contributed by atoms with E-state index < -0.39 is 0 Å². The fourth-order valence-electron chi connectivity index (χ4n) is 0.785. The van der Waals surface area contributed by atoms with E-state index in [0.717, 1.165) is 4.47 Å². The maximum atomic E-state index is 13.0. The molecule has 1 aromatic rings. The highest BCUT2D eigenvalue weighted by Crippen LogP contribution is 2.34. The summed E-state index contributed by atoms with van der Waals surface area (Å²) >= 11 is 6.48. The van der Waals surface area contributed by atoms with E-state index in [1.54, 1.807) is 6.07 Å². The standard InChI is InChI=1S/C8H7Br2FO/c1-2-12-8-6(11)4-3-5(9)7(8)10/h3-4H,2H2,1H3. The normalized spacial score (nSPS) is 10.0. The van der Waals surface area contributed by atoms with Crippen LogP contribution in [0.2, 0.25) is 0 Å². The van der Waals surface area contributed by atoms with Gasteiger partial charge in [0, 0.05) is 4.47 Å². The number of halogens is 3. The smallest absolute Gasteiger partial charge is 0.170 e. The molecular formula is C8H7Br2FO. The van der Waals surface area contributed by atoms with E-state index in [0.29, 0.717) is 11.1 Å². The Bertz CT molecular complexity index is 289. The van der Waals surface area contributed by atoms with Crippen LogP contribution >= 0.6 is 31.9 Å². The second-order valence-electron chi connectivity index (χ2n) is 2.11. The lowest BCUT2D eigenvalue weighted by Gasteiger charge is -2.07. The third kappa shape index (κ3) is 1.98. The Balaban J connectivity index is 3.14. The molecule has 4 heteroatoms. The highest BCUT2D eigenvalue weighted by molar-refractivity contribution is 9.13. The van der Waals surface area contributed by atoms with E-state index in [9.17, 15) is 4.39 Å². The van der Waals surface area contributed by atoms with Crippen LogP contribution in [-0.4, -0.2) is 6.61 Å². The molecule has 1 nitrogen and oxygen atoms in total. The van der Waals surface area contributed by atoms with Crippen LogP contribution in [0.5, 0.6) is 5.75 Å². The first-order chi connectivity index (χ1) is 5.66. The number of ether oxygens (including phenoxy) is 1. The van der Waals surface area contributed by atoms with E-state index in [2.05, 4.69) is 31.9 Å². The second kappa shape index (κ2) is 4.23. The van der Waals surface area contributed by atoms with Crippen LogP contribution in [0, 0.1) is 5.82 Å². The predicted molar refractivity (Wildman–Crippen MR) is 53.0 cm³/mol. The SMILES string of the molecule is CCOc1c(F)ccc(Br)c1Br. The number of benzene rings is 1. The van der Waals surface area contributed by atoms with Gasteiger partial charge in [0.15, 0.2) is 11.6 Å². The Kier molecular flexibility index (Phi) is 3.53. The molecule has 0 radical (unpaired) electrons. The Morgan fingerprint density at radius 2 is 2.08 bits per heavy atom. The Morgan fingerprint density at radius 1 is 1.42 bits per heavy atom. The first kappa shape index (κ1) is 9.99. The number of hydrogen-bond donors (Lipinski definition) is 0. The van der Waals surface area contributed by atoms with Gasteiger partial charge in [0.1, 0.15) is 0 Å². The van der Waals surface area contributed by atoms with Gasteiger partial charge in [-0.3, -0.25) is 0 Å². The lowest BCUT2D eigenvalue weighted by Crippen LogP contribution is -1.95. The van der Waals surface area contributed by atoms with E-state index in [4.69, 9.17) is 4.74 Å². The van der Waals surface area contributed by atoms with Crippen LogP contribution in [0.1, 0.15) is 6.92 Å². The lowest BCUT2D eigenvalue weighted by molar-refractivity contribution is 0.319. The second-order valence-corrected chi connectivity index (χ2v) is 3.75. The summed E-state index contributed by atoms with van der Waals surface area (Å²) in [6.07, 6.45) is 0. The molecule has 0 bridgehead atoms. The fourth-order valence-corrected chi connectivity index (χ4v) is 1.53. The minimum Gasteiger partial charge on any atom is -0.490 e. The van der Waals surface area contributed by atoms with Crippen molar-refractivity contribution < 1.29 is 9.13 Å². The zero-order valence-electron chi connectivity index (χ0n) is 6.40. The van der Waals surface area contributed by atoms with Crippen LogP contribution in [0.4, 0.5) is 4.39 Å². The van der Waals surface area contributed by atoms with Crippen LogP contribution < -0.4 is 4.74 Å². The van der Waals surface area contributed by atoms with Gasteiger partial charge >= 0.3 is 0 Å². The molecule has 1 aromatic carbocycles. The first-order valence-corrected chi connectivity index (χ1v) is 5.01. The summed E-state index contributed by atoms with van der Waals surface area (Å²) in [5.74, 6) is -0.0983. The van der Waals surface area contributed by atoms with Crippen LogP contribution in [-0.2, 0) is 0 Å². The van der Waals surface area contributed by atoms with Crippen LogP contribution in [0.3, 0.4) is 0 Å². The van der Waals surface area contributed by atoms with Crippen LogP contribution in [0.25, 0.3) is 0 Å². The van der Waals surface area contributed by atoms with Gasteiger partial charge in [0.05, 0.1) is 11.1 Å². The van der Waals surface area contributed by atoms with Gasteiger partial charge in [-0.25, -0.2) is 4.39 Å². The quantitative estimate of drug-likeness (QED) is 0.756. The molecule has 0 amide bonds. The Morgan fingerprint density at radius 3 is 2.67 bits per heavy atom. The van der Waals surface area contributed by atoms with Crippen molar-refractivity contribution in [3.63, 3.8) is 0 Å². The summed E-state index contributed by atoms with van der Waals surface area (Å²) in [4.78, 5) is 0. The van der Waals surface area contributed by atoms with Crippen molar-refractivity contribution in [2.24, 2.45) is 0 Å². The highest BCUT2D eigenvalue weighted by atomic mass is 79.9. The molecule has 66 valence electrons. The first-order valence-electron chi connectivity index (χ1n) is 3.43. The average Bonchev–Trinajstić information content (AvgIpc) is 2.06. The Hall–Kier alpha value is -0.0900. The average molecular weight is 298 g/mol. The largest absolute Gasteiger partial charge is 0.490 e. The predicted octanol–water partition coefficient (Wildman–Crippen LogP) is 3.75. The van der Waals surface area contributed by atoms with Gasteiger partial charge in [-0.05, 0) is 50.9 Å². The maximum absolute atomic E-state index is 13.0. The molecular weight excluding hydrogens is 291 g/mol. The lowest BCUT2D eigenvalue weighted by atomic mass is 10.3. The van der Waals surface area contributed by atoms with E-state index in [1.165, 1.54) is 6.07 Å². The van der Waals surface area contributed by atoms with E-state index in [1.807, 2.05) is 6.92 Å². The number of hydrogen-bond acceptors (Lipinski definition) is 1. The molecule has 0 saturated heterocycles. The minimum absolute atomic E-state index is 0.256. The van der Waals surface area contributed by atoms with Crippen molar-refractivity contribution in [1.82, 2.24) is 0 Å². The molecule has 12 heavy (non-hydrogen) atoms. The molecule has 0 unspecified atom stereocenters. The minimum atomic E-state index is -0.355. The Labute approximate surface area is 87.2 Å². The molecule has 0 spiro atoms. The monoisotopic (exact) mass is 296 g/mol. The van der Waals surface area contributed by atoms with Crippen LogP contribution in [0.15, 0.2) is 21.1 Å². The van der Waals surface area contributed by atoms with Gasteiger partial charge in [-0.15, -0.1) is 0 Å². The summed E-state index contributed by atoms with van der Waals surface area (Å²) in [5, 5.41) is 0. The third-order valence-corrected chi connectivity index (χ3v) is 3.27. The van der Waals surface area contributed by atoms with Crippen molar-refractivity contribution in [2.75, 3.05) is 6.61 Å². The summed E-state index contributed by atoms with van der Waals surface area (Å²) in [6, 6.07) is 2.99. The molecule has 0 atom stereocenters. The van der Waals surface area contributed by atoms with E-state index >= 15 is 0 Å². The summed E-state index contributed by atoms with van der Waals surface area (Å²) in [6.45, 7) is 2.26. The van der Waals surface area contributed by atoms with Crippen molar-refractivity contribution in [3.05, 3.63) is 26.9 Å². The molecule has 0 saturated carbocycles. The third-order valence-electron chi connectivity index (χ3n) is 1.29. The van der Waals surface area contributed by atoms with Crippen molar-refractivity contribution in [2.45, 2.75) is 6.92 Å². The molecule has 0 aliphatic carbocycles. The zero-order valence-corrected chi connectivity index (χ0v) is 9.58. The van der Waals surface area contributed by atoms with Gasteiger partial charge < -0.3 is 4.74 Å². The molecule has 0 fully saturated rings. The molecule has 1 rings (SSSR count). The highest BCUT2D eigenvalue weighted by Gasteiger charge is 2.10. The van der Waals surface area contributed by atoms with Gasteiger partial charge in [-0.2, -0.15) is 0 Å². The summed E-state index contributed by atoms with van der Waals surface area (Å²) in [7, 11) is 0. The van der Waals surface area contributed by atoms with Gasteiger partial charge in [0.25, 0.3) is 0 Å². The van der Waals surface area contributed by atoms with Crippen molar-refractivity contribution in [3.8, 4) is 5.75 Å². The maximum Gasteiger partial charge on any atom is 0.170 e. The van der Waals surface area contributed by atoms with E-state index in [-0.39, 0.29) is 11.6 Å². The topological polar surface area (TPSA) is 9.23 Å². The van der Waals surface area contributed by atoms with Gasteiger partial charge in [-0.1, -0.05) is 0 Å². The summed E-state index contributed by atoms with van der Waals surface area (Å²) < 4.78 is 19.5. The molecule has 0 heterocycles.